The van der Waals surface area contributed by atoms with E-state index in [1.807, 2.05) is 42.5 Å². The number of para-hydroxylation sites is 1. The molecule has 0 saturated carbocycles. The second-order valence-electron chi connectivity index (χ2n) is 4.92. The first-order valence-electron chi connectivity index (χ1n) is 6.88. The first-order chi connectivity index (χ1) is 11.2. The molecule has 1 N–H and O–H groups in total. The summed E-state index contributed by atoms with van der Waals surface area (Å²) in [7, 11) is 0. The summed E-state index contributed by atoms with van der Waals surface area (Å²) in [5.41, 5.74) is 2.41. The third-order valence-electron chi connectivity index (χ3n) is 3.47. The highest BCUT2D eigenvalue weighted by molar-refractivity contribution is 7.71. The van der Waals surface area contributed by atoms with Crippen LogP contribution in [0.15, 0.2) is 54.7 Å². The van der Waals surface area contributed by atoms with Crippen LogP contribution in [0.4, 0.5) is 0 Å². The zero-order chi connectivity index (χ0) is 15.8. The molecular formula is C16H10ClN5S. The molecule has 1 aromatic carbocycles. The lowest BCUT2D eigenvalue weighted by Gasteiger charge is -2.07. The van der Waals surface area contributed by atoms with Gasteiger partial charge in [-0.25, -0.2) is 9.97 Å². The number of aromatic amines is 1. The smallest absolute Gasteiger partial charge is 0.200 e. The van der Waals surface area contributed by atoms with Crippen LogP contribution in [0.1, 0.15) is 0 Å². The molecule has 0 amide bonds. The standard InChI is InChI=1S/C16H10ClN5S/c17-14-8-6-11(9-18-14)22-15(20-21-16(22)23)13-7-5-10-3-1-2-4-12(10)19-13/h1-9H,(H,21,23). The number of rotatable bonds is 2. The number of halogens is 1. The summed E-state index contributed by atoms with van der Waals surface area (Å²) < 4.78 is 2.26. The summed E-state index contributed by atoms with van der Waals surface area (Å²) in [6.45, 7) is 0. The van der Waals surface area contributed by atoms with E-state index >= 15 is 0 Å². The predicted octanol–water partition coefficient (Wildman–Crippen LogP) is 4.19. The van der Waals surface area contributed by atoms with Crippen molar-refractivity contribution >= 4 is 34.7 Å². The Morgan fingerprint density at radius 2 is 1.91 bits per heavy atom. The SMILES string of the molecule is S=c1[nH]nc(-c2ccc3ccccc3n2)n1-c1ccc(Cl)nc1. The maximum atomic E-state index is 5.85. The fourth-order valence-electron chi connectivity index (χ4n) is 2.40. The minimum Gasteiger partial charge on any atom is -0.265 e. The molecule has 0 aliphatic carbocycles. The molecule has 23 heavy (non-hydrogen) atoms. The van der Waals surface area contributed by atoms with Crippen molar-refractivity contribution in [3.8, 4) is 17.2 Å². The average Bonchev–Trinajstić information content (AvgIpc) is 2.97. The molecule has 112 valence electrons. The van der Waals surface area contributed by atoms with E-state index in [2.05, 4.69) is 20.2 Å². The molecule has 0 atom stereocenters. The Hall–Kier alpha value is -2.57. The summed E-state index contributed by atoms with van der Waals surface area (Å²) in [6.07, 6.45) is 1.65. The fourth-order valence-corrected chi connectivity index (χ4v) is 2.75. The minimum atomic E-state index is 0.425. The molecule has 3 aromatic heterocycles. The van der Waals surface area contributed by atoms with Crippen LogP contribution in [-0.4, -0.2) is 24.7 Å². The second-order valence-corrected chi connectivity index (χ2v) is 5.69. The van der Waals surface area contributed by atoms with Crippen LogP contribution in [0.5, 0.6) is 0 Å². The molecule has 0 saturated heterocycles. The van der Waals surface area contributed by atoms with Gasteiger partial charge in [0.05, 0.1) is 17.4 Å². The first kappa shape index (κ1) is 14.0. The van der Waals surface area contributed by atoms with Gasteiger partial charge in [0.2, 0.25) is 0 Å². The zero-order valence-corrected chi connectivity index (χ0v) is 13.3. The predicted molar refractivity (Wildman–Crippen MR) is 92.3 cm³/mol. The van der Waals surface area contributed by atoms with Crippen molar-refractivity contribution < 1.29 is 0 Å². The zero-order valence-electron chi connectivity index (χ0n) is 11.8. The third-order valence-corrected chi connectivity index (χ3v) is 3.97. The molecule has 3 heterocycles. The number of nitrogens with one attached hydrogen (secondary N) is 1. The van der Waals surface area contributed by atoms with E-state index < -0.39 is 0 Å². The van der Waals surface area contributed by atoms with Crippen molar-refractivity contribution in [3.63, 3.8) is 0 Å². The molecule has 0 unspecified atom stereocenters. The van der Waals surface area contributed by atoms with E-state index in [9.17, 15) is 0 Å². The van der Waals surface area contributed by atoms with Crippen molar-refractivity contribution in [3.05, 3.63) is 64.7 Å². The van der Waals surface area contributed by atoms with Crippen LogP contribution in [0.3, 0.4) is 0 Å². The summed E-state index contributed by atoms with van der Waals surface area (Å²) >= 11 is 11.2. The van der Waals surface area contributed by atoms with Crippen molar-refractivity contribution in [1.82, 2.24) is 24.7 Å². The summed E-state index contributed by atoms with van der Waals surface area (Å²) in [5.74, 6) is 0.630. The quantitative estimate of drug-likeness (QED) is 0.439. The Labute approximate surface area is 141 Å². The van der Waals surface area contributed by atoms with Gasteiger partial charge < -0.3 is 0 Å². The summed E-state index contributed by atoms with van der Waals surface area (Å²) in [6, 6.07) is 15.4. The highest BCUT2D eigenvalue weighted by Crippen LogP contribution is 2.22. The van der Waals surface area contributed by atoms with Gasteiger partial charge in [-0.05, 0) is 36.5 Å². The second kappa shape index (κ2) is 5.57. The number of hydrogen-bond donors (Lipinski definition) is 1. The molecule has 0 aliphatic heterocycles. The number of benzene rings is 1. The van der Waals surface area contributed by atoms with Crippen LogP contribution in [-0.2, 0) is 0 Å². The van der Waals surface area contributed by atoms with Gasteiger partial charge in [-0.1, -0.05) is 35.9 Å². The van der Waals surface area contributed by atoms with Gasteiger partial charge in [0.15, 0.2) is 10.6 Å². The highest BCUT2D eigenvalue weighted by atomic mass is 35.5. The number of nitrogens with zero attached hydrogens (tertiary/aromatic N) is 4. The van der Waals surface area contributed by atoms with Crippen molar-refractivity contribution in [2.75, 3.05) is 0 Å². The summed E-state index contributed by atoms with van der Waals surface area (Å²) in [4.78, 5) is 8.76. The number of aromatic nitrogens is 5. The van der Waals surface area contributed by atoms with Gasteiger partial charge in [0.1, 0.15) is 10.8 Å². The Balaban J connectivity index is 1.92. The summed E-state index contributed by atoms with van der Waals surface area (Å²) in [5, 5.41) is 8.63. The molecule has 7 heteroatoms. The van der Waals surface area contributed by atoms with Gasteiger partial charge in [0, 0.05) is 5.39 Å². The normalized spacial score (nSPS) is 11.0. The van der Waals surface area contributed by atoms with Crippen molar-refractivity contribution in [2.24, 2.45) is 0 Å². The largest absolute Gasteiger partial charge is 0.265 e. The minimum absolute atomic E-state index is 0.425. The third kappa shape index (κ3) is 2.52. The Morgan fingerprint density at radius 3 is 2.74 bits per heavy atom. The first-order valence-corrected chi connectivity index (χ1v) is 7.66. The van der Waals surface area contributed by atoms with Crippen LogP contribution < -0.4 is 0 Å². The highest BCUT2D eigenvalue weighted by Gasteiger charge is 2.12. The maximum absolute atomic E-state index is 5.85. The molecule has 0 fully saturated rings. The topological polar surface area (TPSA) is 59.4 Å². The number of H-pyrrole nitrogens is 1. The molecule has 4 aromatic rings. The maximum Gasteiger partial charge on any atom is 0.200 e. The van der Waals surface area contributed by atoms with Gasteiger partial charge in [0.25, 0.3) is 0 Å². The Morgan fingerprint density at radius 1 is 1.04 bits per heavy atom. The number of pyridine rings is 2. The molecular weight excluding hydrogens is 330 g/mol. The van der Waals surface area contributed by atoms with E-state index in [0.717, 1.165) is 22.3 Å². The van der Waals surface area contributed by atoms with E-state index in [-0.39, 0.29) is 0 Å². The lowest BCUT2D eigenvalue weighted by molar-refractivity contribution is 1.02. The average molecular weight is 340 g/mol. The van der Waals surface area contributed by atoms with Crippen LogP contribution >= 0.6 is 23.8 Å². The van der Waals surface area contributed by atoms with E-state index in [4.69, 9.17) is 23.8 Å². The Kier molecular flexibility index (Phi) is 3.40. The number of hydrogen-bond acceptors (Lipinski definition) is 4. The van der Waals surface area contributed by atoms with E-state index in [1.165, 1.54) is 0 Å². The van der Waals surface area contributed by atoms with Gasteiger partial charge in [-0.15, -0.1) is 0 Å². The molecule has 0 aliphatic rings. The lowest BCUT2D eigenvalue weighted by atomic mass is 10.2. The van der Waals surface area contributed by atoms with Crippen LogP contribution in [0.2, 0.25) is 5.15 Å². The van der Waals surface area contributed by atoms with E-state index in [1.54, 1.807) is 16.8 Å². The molecule has 0 radical (unpaired) electrons. The molecule has 4 rings (SSSR count). The lowest BCUT2D eigenvalue weighted by Crippen LogP contribution is -1.99. The monoisotopic (exact) mass is 339 g/mol. The van der Waals surface area contributed by atoms with Crippen molar-refractivity contribution in [1.29, 1.82) is 0 Å². The molecule has 5 nitrogen and oxygen atoms in total. The van der Waals surface area contributed by atoms with Crippen LogP contribution in [0.25, 0.3) is 28.1 Å². The number of fused-ring (bicyclic) bond motifs is 1. The molecule has 0 spiro atoms. The van der Waals surface area contributed by atoms with Gasteiger partial charge in [-0.2, -0.15) is 5.10 Å². The van der Waals surface area contributed by atoms with Gasteiger partial charge in [-0.3, -0.25) is 9.67 Å². The van der Waals surface area contributed by atoms with Crippen molar-refractivity contribution in [2.45, 2.75) is 0 Å². The van der Waals surface area contributed by atoms with E-state index in [0.29, 0.717) is 15.7 Å². The fraction of sp³-hybridized carbons (Fsp3) is 0. The van der Waals surface area contributed by atoms with Gasteiger partial charge >= 0.3 is 0 Å². The van der Waals surface area contributed by atoms with Crippen LogP contribution in [0, 0.1) is 4.77 Å². The Bertz CT molecular complexity index is 1050. The molecule has 0 bridgehead atoms.